The van der Waals surface area contributed by atoms with Gasteiger partial charge in [-0.3, -0.25) is 14.2 Å². The highest BCUT2D eigenvalue weighted by atomic mass is 35.5. The molecule has 2 heterocycles. The predicted molar refractivity (Wildman–Crippen MR) is 128 cm³/mol. The van der Waals surface area contributed by atoms with Gasteiger partial charge in [0.05, 0.1) is 16.8 Å². The molecule has 0 saturated carbocycles. The number of nitrogens with zero attached hydrogens (tertiary/aromatic N) is 2. The Labute approximate surface area is 192 Å². The molecule has 31 heavy (non-hydrogen) atoms. The molecule has 0 amide bonds. The minimum Gasteiger partial charge on any atom is -0.293 e. The first kappa shape index (κ1) is 20.5. The van der Waals surface area contributed by atoms with Crippen LogP contribution in [0.15, 0.2) is 58.5 Å². The molecule has 0 radical (unpaired) electrons. The second-order valence-electron chi connectivity index (χ2n) is 7.63. The van der Waals surface area contributed by atoms with E-state index in [0.717, 1.165) is 46.3 Å². The molecule has 5 rings (SSSR count). The van der Waals surface area contributed by atoms with Crippen LogP contribution < -0.4 is 5.56 Å². The first-order valence-electron chi connectivity index (χ1n) is 10.1. The first-order valence-corrected chi connectivity index (χ1v) is 12.2. The predicted octanol–water partition coefficient (Wildman–Crippen LogP) is 5.87. The number of benzene rings is 2. The Balaban J connectivity index is 1.58. The fraction of sp³-hybridized carbons (Fsp3) is 0.208. The van der Waals surface area contributed by atoms with E-state index >= 15 is 0 Å². The van der Waals surface area contributed by atoms with Crippen LogP contribution in [-0.2, 0) is 12.8 Å². The minimum atomic E-state index is -0.0466. The van der Waals surface area contributed by atoms with Gasteiger partial charge in [0.1, 0.15) is 4.83 Å². The Hall–Kier alpha value is -2.41. The molecule has 156 valence electrons. The molecule has 0 spiro atoms. The number of thiophene rings is 1. The normalized spacial score (nSPS) is 13.0. The van der Waals surface area contributed by atoms with Gasteiger partial charge in [-0.05, 0) is 68.1 Å². The van der Waals surface area contributed by atoms with Gasteiger partial charge in [-0.1, -0.05) is 41.1 Å². The largest absolute Gasteiger partial charge is 0.293 e. The number of fused-ring (bicyclic) bond motifs is 3. The Kier molecular flexibility index (Phi) is 5.46. The van der Waals surface area contributed by atoms with Crippen molar-refractivity contribution in [3.63, 3.8) is 0 Å². The Morgan fingerprint density at radius 1 is 1.13 bits per heavy atom. The molecule has 0 saturated heterocycles. The molecule has 0 atom stereocenters. The lowest BCUT2D eigenvalue weighted by molar-refractivity contribution is 0.102. The van der Waals surface area contributed by atoms with Crippen molar-refractivity contribution in [3.8, 4) is 5.69 Å². The van der Waals surface area contributed by atoms with E-state index in [0.29, 0.717) is 15.7 Å². The number of Topliss-reactive ketones (excluding diaryl/α,β-unsaturated/α-hetero) is 1. The smallest absolute Gasteiger partial charge is 0.267 e. The van der Waals surface area contributed by atoms with Crippen LogP contribution in [0.5, 0.6) is 0 Å². The molecule has 0 aliphatic heterocycles. The van der Waals surface area contributed by atoms with E-state index in [4.69, 9.17) is 16.6 Å². The summed E-state index contributed by atoms with van der Waals surface area (Å²) in [6, 6.07) is 14.7. The molecule has 4 aromatic rings. The lowest BCUT2D eigenvalue weighted by Gasteiger charge is -2.12. The second kappa shape index (κ2) is 8.26. The number of carbonyl (C=O) groups excluding carboxylic acids is 1. The van der Waals surface area contributed by atoms with E-state index in [2.05, 4.69) is 0 Å². The number of hydrogen-bond donors (Lipinski definition) is 0. The lowest BCUT2D eigenvalue weighted by Crippen LogP contribution is -2.22. The van der Waals surface area contributed by atoms with Crippen molar-refractivity contribution in [2.75, 3.05) is 5.75 Å². The number of hydrogen-bond acceptors (Lipinski definition) is 5. The average molecular weight is 467 g/mol. The third kappa shape index (κ3) is 3.84. The molecule has 0 N–H and O–H groups in total. The van der Waals surface area contributed by atoms with Crippen molar-refractivity contribution in [3.05, 3.63) is 85.5 Å². The van der Waals surface area contributed by atoms with Crippen LogP contribution >= 0.6 is 34.7 Å². The Morgan fingerprint density at radius 3 is 2.61 bits per heavy atom. The van der Waals surface area contributed by atoms with Crippen LogP contribution in [0.25, 0.3) is 15.9 Å². The van der Waals surface area contributed by atoms with Crippen molar-refractivity contribution < 1.29 is 4.79 Å². The molecular weight excluding hydrogens is 448 g/mol. The Bertz CT molecular complexity index is 1360. The van der Waals surface area contributed by atoms with Crippen LogP contribution in [0, 0.1) is 6.92 Å². The number of thioether (sulfide) groups is 1. The standard InChI is InChI=1S/C24H19ClN2O2S2/c1-14-5-11-17(12-6-14)27-23(29)21-18-3-2-4-20(18)31-22(21)26-24(27)30-13-19(28)15-7-9-16(25)10-8-15/h5-12H,2-4,13H2,1H3. The highest BCUT2D eigenvalue weighted by Crippen LogP contribution is 2.36. The van der Waals surface area contributed by atoms with Crippen molar-refractivity contribution in [2.24, 2.45) is 0 Å². The van der Waals surface area contributed by atoms with E-state index in [1.165, 1.54) is 16.6 Å². The van der Waals surface area contributed by atoms with Crippen LogP contribution in [0.4, 0.5) is 0 Å². The average Bonchev–Trinajstić information content (AvgIpc) is 3.34. The number of aryl methyl sites for hydroxylation is 3. The molecule has 4 nitrogen and oxygen atoms in total. The van der Waals surface area contributed by atoms with Crippen molar-refractivity contribution in [1.29, 1.82) is 0 Å². The van der Waals surface area contributed by atoms with E-state index in [9.17, 15) is 9.59 Å². The van der Waals surface area contributed by atoms with Crippen LogP contribution in [0.1, 0.15) is 32.8 Å². The fourth-order valence-corrected chi connectivity index (χ4v) is 6.23. The molecular formula is C24H19ClN2O2S2. The van der Waals surface area contributed by atoms with Gasteiger partial charge in [-0.2, -0.15) is 0 Å². The topological polar surface area (TPSA) is 52.0 Å². The maximum Gasteiger partial charge on any atom is 0.267 e. The lowest BCUT2D eigenvalue weighted by atomic mass is 10.1. The minimum absolute atomic E-state index is 0.0276. The summed E-state index contributed by atoms with van der Waals surface area (Å²) >= 11 is 8.84. The highest BCUT2D eigenvalue weighted by molar-refractivity contribution is 7.99. The molecule has 2 aromatic carbocycles. The van der Waals surface area contributed by atoms with Gasteiger partial charge in [0.2, 0.25) is 0 Å². The summed E-state index contributed by atoms with van der Waals surface area (Å²) in [7, 11) is 0. The van der Waals surface area contributed by atoms with Crippen molar-refractivity contribution >= 4 is 50.7 Å². The molecule has 1 aliphatic carbocycles. The zero-order valence-electron chi connectivity index (χ0n) is 16.9. The highest BCUT2D eigenvalue weighted by Gasteiger charge is 2.24. The van der Waals surface area contributed by atoms with Crippen LogP contribution in [-0.4, -0.2) is 21.1 Å². The number of carbonyl (C=O) groups is 1. The van der Waals surface area contributed by atoms with Crippen LogP contribution in [0.2, 0.25) is 5.02 Å². The zero-order chi connectivity index (χ0) is 21.5. The van der Waals surface area contributed by atoms with E-state index in [1.54, 1.807) is 40.2 Å². The first-order chi connectivity index (χ1) is 15.0. The summed E-state index contributed by atoms with van der Waals surface area (Å²) in [6.07, 6.45) is 3.03. The van der Waals surface area contributed by atoms with Crippen molar-refractivity contribution in [2.45, 2.75) is 31.3 Å². The fourth-order valence-electron chi connectivity index (χ4n) is 3.89. The second-order valence-corrected chi connectivity index (χ2v) is 10.1. The molecule has 1 aliphatic rings. The van der Waals surface area contributed by atoms with Gasteiger partial charge in [0.15, 0.2) is 10.9 Å². The summed E-state index contributed by atoms with van der Waals surface area (Å²) in [4.78, 5) is 33.2. The monoisotopic (exact) mass is 466 g/mol. The maximum absolute atomic E-state index is 13.6. The molecule has 0 unspecified atom stereocenters. The summed E-state index contributed by atoms with van der Waals surface area (Å²) < 4.78 is 1.66. The number of halogens is 1. The zero-order valence-corrected chi connectivity index (χ0v) is 19.2. The van der Waals surface area contributed by atoms with Gasteiger partial charge < -0.3 is 0 Å². The number of ketones is 1. The molecule has 2 aromatic heterocycles. The van der Waals surface area contributed by atoms with Gasteiger partial charge >= 0.3 is 0 Å². The van der Waals surface area contributed by atoms with E-state index < -0.39 is 0 Å². The Morgan fingerprint density at radius 2 is 1.87 bits per heavy atom. The van der Waals surface area contributed by atoms with E-state index in [1.807, 2.05) is 31.2 Å². The third-order valence-corrected chi connectivity index (χ3v) is 7.88. The summed E-state index contributed by atoms with van der Waals surface area (Å²) in [6.45, 7) is 2.01. The molecule has 0 fully saturated rings. The van der Waals surface area contributed by atoms with E-state index in [-0.39, 0.29) is 17.1 Å². The third-order valence-electron chi connectivity index (χ3n) is 5.50. The van der Waals surface area contributed by atoms with Crippen molar-refractivity contribution in [1.82, 2.24) is 9.55 Å². The maximum atomic E-state index is 13.6. The van der Waals surface area contributed by atoms with Crippen LogP contribution in [0.3, 0.4) is 0 Å². The SMILES string of the molecule is Cc1ccc(-n2c(SCC(=O)c3ccc(Cl)cc3)nc3sc4c(c3c2=O)CCC4)cc1. The van der Waals surface area contributed by atoms with Gasteiger partial charge in [0, 0.05) is 15.5 Å². The van der Waals surface area contributed by atoms with Gasteiger partial charge in [0.25, 0.3) is 5.56 Å². The molecule has 7 heteroatoms. The summed E-state index contributed by atoms with van der Waals surface area (Å²) in [5.74, 6) is 0.163. The van der Waals surface area contributed by atoms with Gasteiger partial charge in [-0.15, -0.1) is 11.3 Å². The number of rotatable bonds is 5. The summed E-state index contributed by atoms with van der Waals surface area (Å²) in [5, 5.41) is 1.88. The summed E-state index contributed by atoms with van der Waals surface area (Å²) in [5.41, 5.74) is 3.60. The van der Waals surface area contributed by atoms with Gasteiger partial charge in [-0.25, -0.2) is 4.98 Å². The quantitative estimate of drug-likeness (QED) is 0.209. The number of aromatic nitrogens is 2. The molecule has 0 bridgehead atoms.